The summed E-state index contributed by atoms with van der Waals surface area (Å²) in [6.07, 6.45) is 0.707. The van der Waals surface area contributed by atoms with Crippen molar-refractivity contribution in [2.24, 2.45) is 0 Å². The van der Waals surface area contributed by atoms with Crippen LogP contribution in [0.25, 0.3) is 0 Å². The number of piperidine rings is 1. The number of benzene rings is 1. The molecule has 0 bridgehead atoms. The molecule has 0 unspecified atom stereocenters. The predicted molar refractivity (Wildman–Crippen MR) is 99.5 cm³/mol. The molecule has 0 N–H and O–H groups in total. The van der Waals surface area contributed by atoms with Gasteiger partial charge in [-0.05, 0) is 23.6 Å². The zero-order valence-corrected chi connectivity index (χ0v) is 15.9. The Hall–Kier alpha value is -2.71. The quantitative estimate of drug-likeness (QED) is 0.767. The van der Waals surface area contributed by atoms with Crippen molar-refractivity contribution in [1.82, 2.24) is 9.80 Å². The molecule has 7 nitrogen and oxygen atoms in total. The standard InChI is InChI=1S/C20H20N2O5S/c23-17(14-5-2-1-3-6-14)22-15(19(25)26)13-27-20(22)8-10-21(11-9-20)18(24)16-7-4-12-28-16/h1-7,12,15H,8-11,13H2,(H,25,26)/p-1/t15-/m1/s1. The second kappa shape index (κ2) is 7.37. The lowest BCUT2D eigenvalue weighted by atomic mass is 9.96. The molecule has 2 aliphatic rings. The van der Waals surface area contributed by atoms with Crippen molar-refractivity contribution >= 4 is 29.1 Å². The number of carboxylic acids is 1. The first-order valence-corrected chi connectivity index (χ1v) is 9.96. The number of carbonyl (C=O) groups excluding carboxylic acids is 3. The molecular weight excluding hydrogens is 380 g/mol. The van der Waals surface area contributed by atoms with Crippen LogP contribution in [-0.2, 0) is 9.53 Å². The largest absolute Gasteiger partial charge is 0.548 e. The van der Waals surface area contributed by atoms with Crippen LogP contribution in [0.3, 0.4) is 0 Å². The SMILES string of the molecule is O=C([O-])[C@H]1COC2(CCN(C(=O)c3cccs3)CC2)N1C(=O)c1ccccc1. The minimum absolute atomic E-state index is 0.0553. The van der Waals surface area contributed by atoms with Gasteiger partial charge < -0.3 is 19.5 Å². The Balaban J connectivity index is 1.57. The lowest BCUT2D eigenvalue weighted by molar-refractivity contribution is -0.310. The molecule has 1 aromatic heterocycles. The summed E-state index contributed by atoms with van der Waals surface area (Å²) in [6, 6.07) is 11.0. The van der Waals surface area contributed by atoms with Crippen molar-refractivity contribution in [3.8, 4) is 0 Å². The zero-order chi connectivity index (χ0) is 19.7. The van der Waals surface area contributed by atoms with Gasteiger partial charge in [-0.3, -0.25) is 14.5 Å². The van der Waals surface area contributed by atoms with Crippen LogP contribution < -0.4 is 5.11 Å². The molecule has 3 heterocycles. The summed E-state index contributed by atoms with van der Waals surface area (Å²) in [6.45, 7) is 0.657. The minimum atomic E-state index is -1.33. The third-order valence-corrected chi connectivity index (χ3v) is 6.19. The van der Waals surface area contributed by atoms with Gasteiger partial charge in [0.25, 0.3) is 11.8 Å². The maximum atomic E-state index is 13.1. The van der Waals surface area contributed by atoms with Gasteiger partial charge in [-0.1, -0.05) is 24.3 Å². The van der Waals surface area contributed by atoms with Gasteiger partial charge in [0.15, 0.2) is 0 Å². The number of amides is 2. The summed E-state index contributed by atoms with van der Waals surface area (Å²) >= 11 is 1.38. The normalized spacial score (nSPS) is 21.1. The molecule has 2 saturated heterocycles. The number of carbonyl (C=O) groups is 3. The Morgan fingerprint density at radius 2 is 1.75 bits per heavy atom. The van der Waals surface area contributed by atoms with Crippen molar-refractivity contribution in [2.45, 2.75) is 24.6 Å². The smallest absolute Gasteiger partial charge is 0.263 e. The van der Waals surface area contributed by atoms with E-state index in [4.69, 9.17) is 4.74 Å². The molecule has 0 radical (unpaired) electrons. The van der Waals surface area contributed by atoms with Crippen LogP contribution >= 0.6 is 11.3 Å². The second-order valence-corrected chi connectivity index (χ2v) is 7.85. The summed E-state index contributed by atoms with van der Waals surface area (Å²) in [4.78, 5) is 41.0. The number of aliphatic carboxylic acids is 1. The van der Waals surface area contributed by atoms with E-state index in [0.29, 0.717) is 36.4 Å². The molecule has 4 rings (SSSR count). The molecule has 146 valence electrons. The van der Waals surface area contributed by atoms with Crippen LogP contribution in [0.15, 0.2) is 47.8 Å². The molecule has 1 spiro atoms. The molecule has 1 atom stereocenters. The van der Waals surface area contributed by atoms with Crippen molar-refractivity contribution < 1.29 is 24.2 Å². The van der Waals surface area contributed by atoms with Gasteiger partial charge in [0.05, 0.1) is 23.5 Å². The van der Waals surface area contributed by atoms with Gasteiger partial charge in [0, 0.05) is 31.5 Å². The number of hydrogen-bond acceptors (Lipinski definition) is 6. The van der Waals surface area contributed by atoms with Crippen molar-refractivity contribution in [1.29, 1.82) is 0 Å². The van der Waals surface area contributed by atoms with E-state index in [1.165, 1.54) is 16.2 Å². The van der Waals surface area contributed by atoms with E-state index in [0.717, 1.165) is 0 Å². The molecule has 0 saturated carbocycles. The molecule has 2 aromatic rings. The number of thiophene rings is 1. The molecule has 28 heavy (non-hydrogen) atoms. The average Bonchev–Trinajstić information content (AvgIpc) is 3.37. The highest BCUT2D eigenvalue weighted by Gasteiger charge is 2.52. The number of nitrogens with zero attached hydrogens (tertiary/aromatic N) is 2. The molecular formula is C20H19N2O5S-. The van der Waals surface area contributed by atoms with Gasteiger partial charge in [0.1, 0.15) is 5.72 Å². The lowest BCUT2D eigenvalue weighted by Crippen LogP contribution is -2.60. The lowest BCUT2D eigenvalue weighted by Gasteiger charge is -2.44. The van der Waals surface area contributed by atoms with Gasteiger partial charge >= 0.3 is 0 Å². The van der Waals surface area contributed by atoms with Gasteiger partial charge in [-0.15, -0.1) is 11.3 Å². The van der Waals surface area contributed by atoms with E-state index in [9.17, 15) is 19.5 Å². The molecule has 0 aliphatic carbocycles. The summed E-state index contributed by atoms with van der Waals surface area (Å²) in [5.41, 5.74) is -0.639. The molecule has 8 heteroatoms. The van der Waals surface area contributed by atoms with E-state index in [1.54, 1.807) is 41.3 Å². The van der Waals surface area contributed by atoms with Crippen molar-refractivity contribution in [3.05, 3.63) is 58.3 Å². The number of ether oxygens (including phenoxy) is 1. The monoisotopic (exact) mass is 399 g/mol. The Bertz CT molecular complexity index is 875. The van der Waals surface area contributed by atoms with Crippen molar-refractivity contribution in [3.63, 3.8) is 0 Å². The average molecular weight is 399 g/mol. The topological polar surface area (TPSA) is 90.0 Å². The zero-order valence-electron chi connectivity index (χ0n) is 15.1. The summed E-state index contributed by atoms with van der Waals surface area (Å²) in [5, 5.41) is 13.5. The van der Waals surface area contributed by atoms with E-state index in [1.807, 2.05) is 11.4 Å². The van der Waals surface area contributed by atoms with Gasteiger partial charge in [0.2, 0.25) is 0 Å². The third-order valence-electron chi connectivity index (χ3n) is 5.34. The minimum Gasteiger partial charge on any atom is -0.548 e. The molecule has 2 amide bonds. The van der Waals surface area contributed by atoms with Crippen LogP contribution in [0.2, 0.25) is 0 Å². The maximum absolute atomic E-state index is 13.1. The Morgan fingerprint density at radius 3 is 2.36 bits per heavy atom. The predicted octanol–water partition coefficient (Wildman–Crippen LogP) is 0.971. The fraction of sp³-hybridized carbons (Fsp3) is 0.350. The van der Waals surface area contributed by atoms with E-state index in [2.05, 4.69) is 0 Å². The fourth-order valence-corrected chi connectivity index (χ4v) is 4.57. The van der Waals surface area contributed by atoms with E-state index in [-0.39, 0.29) is 12.5 Å². The maximum Gasteiger partial charge on any atom is 0.263 e. The number of hydrogen-bond donors (Lipinski definition) is 0. The van der Waals surface area contributed by atoms with Crippen LogP contribution in [0, 0.1) is 0 Å². The van der Waals surface area contributed by atoms with Gasteiger partial charge in [-0.2, -0.15) is 0 Å². The first-order chi connectivity index (χ1) is 13.5. The second-order valence-electron chi connectivity index (χ2n) is 6.90. The third kappa shape index (κ3) is 3.18. The Morgan fingerprint density at radius 1 is 1.04 bits per heavy atom. The molecule has 1 aromatic carbocycles. The van der Waals surface area contributed by atoms with Crippen LogP contribution in [-0.4, -0.2) is 59.0 Å². The summed E-state index contributed by atoms with van der Waals surface area (Å²) < 4.78 is 5.88. The van der Waals surface area contributed by atoms with Gasteiger partial charge in [-0.25, -0.2) is 0 Å². The van der Waals surface area contributed by atoms with E-state index < -0.39 is 23.6 Å². The Labute approximate surface area is 166 Å². The fourth-order valence-electron chi connectivity index (χ4n) is 3.88. The highest BCUT2D eigenvalue weighted by Crippen LogP contribution is 2.38. The first-order valence-electron chi connectivity index (χ1n) is 9.08. The first kappa shape index (κ1) is 18.6. The summed E-state index contributed by atoms with van der Waals surface area (Å²) in [5.74, 6) is -1.79. The van der Waals surface area contributed by atoms with Crippen LogP contribution in [0.4, 0.5) is 0 Å². The van der Waals surface area contributed by atoms with Crippen LogP contribution in [0.5, 0.6) is 0 Å². The Kier molecular flexibility index (Phi) is 4.91. The van der Waals surface area contributed by atoms with E-state index >= 15 is 0 Å². The molecule has 2 fully saturated rings. The highest BCUT2D eigenvalue weighted by molar-refractivity contribution is 7.12. The van der Waals surface area contributed by atoms with Crippen LogP contribution in [0.1, 0.15) is 32.9 Å². The summed E-state index contributed by atoms with van der Waals surface area (Å²) in [7, 11) is 0. The molecule has 2 aliphatic heterocycles. The number of carboxylic acid groups (broad SMARTS) is 1. The highest BCUT2D eigenvalue weighted by atomic mass is 32.1. The number of likely N-dealkylation sites (tertiary alicyclic amines) is 1. The van der Waals surface area contributed by atoms with Crippen molar-refractivity contribution in [2.75, 3.05) is 19.7 Å². The number of rotatable bonds is 3.